The number of carbonyl (C=O) groups excluding carboxylic acids is 1. The predicted octanol–water partition coefficient (Wildman–Crippen LogP) is -1.22. The molecule has 1 aliphatic heterocycles. The third-order valence-electron chi connectivity index (χ3n) is 3.10. The molecular formula is C11H19N5O3S. The number of amides is 1. The van der Waals surface area contributed by atoms with Crippen LogP contribution < -0.4 is 11.1 Å². The van der Waals surface area contributed by atoms with Crippen molar-refractivity contribution in [1.82, 2.24) is 20.3 Å². The quantitative estimate of drug-likeness (QED) is 0.719. The van der Waals surface area contributed by atoms with E-state index in [-0.39, 0.29) is 30.0 Å². The Bertz CT molecular complexity index is 602. The van der Waals surface area contributed by atoms with E-state index in [1.165, 1.54) is 4.68 Å². The lowest BCUT2D eigenvalue weighted by molar-refractivity contribution is -0.122. The molecule has 1 amide bonds. The van der Waals surface area contributed by atoms with Gasteiger partial charge in [0.05, 0.1) is 23.2 Å². The van der Waals surface area contributed by atoms with E-state index >= 15 is 0 Å². The molecule has 0 radical (unpaired) electrons. The molecule has 8 nitrogen and oxygen atoms in total. The van der Waals surface area contributed by atoms with Gasteiger partial charge in [0.2, 0.25) is 5.91 Å². The SMILES string of the molecule is CC(C)(N)c1cn(CC(=O)NC2CCS(=O)(=O)C2)nn1. The molecule has 0 bridgehead atoms. The first-order valence-electron chi connectivity index (χ1n) is 6.35. The van der Waals surface area contributed by atoms with Gasteiger partial charge in [-0.25, -0.2) is 13.1 Å². The average Bonchev–Trinajstić information content (AvgIpc) is 2.84. The third kappa shape index (κ3) is 3.76. The highest BCUT2D eigenvalue weighted by Gasteiger charge is 2.29. The minimum absolute atomic E-state index is 0.000369. The number of sulfone groups is 1. The molecule has 1 aromatic heterocycles. The van der Waals surface area contributed by atoms with Crippen LogP contribution in [0.15, 0.2) is 6.20 Å². The number of aromatic nitrogens is 3. The van der Waals surface area contributed by atoms with Gasteiger partial charge < -0.3 is 11.1 Å². The maximum Gasteiger partial charge on any atom is 0.242 e. The van der Waals surface area contributed by atoms with Crippen LogP contribution in [0.1, 0.15) is 26.0 Å². The molecule has 0 spiro atoms. The van der Waals surface area contributed by atoms with Crippen LogP contribution in [0.3, 0.4) is 0 Å². The number of nitrogens with one attached hydrogen (secondary N) is 1. The summed E-state index contributed by atoms with van der Waals surface area (Å²) in [5.74, 6) is -0.136. The summed E-state index contributed by atoms with van der Waals surface area (Å²) in [7, 11) is -3.00. The average molecular weight is 301 g/mol. The Kier molecular flexibility index (Phi) is 3.83. The molecule has 2 rings (SSSR count). The molecule has 0 saturated carbocycles. The Hall–Kier alpha value is -1.48. The van der Waals surface area contributed by atoms with Gasteiger partial charge in [-0.1, -0.05) is 5.21 Å². The van der Waals surface area contributed by atoms with Crippen LogP contribution in [0.25, 0.3) is 0 Å². The summed E-state index contributed by atoms with van der Waals surface area (Å²) >= 11 is 0. The second-order valence-corrected chi connectivity index (χ2v) is 7.92. The molecule has 1 aliphatic rings. The zero-order chi connectivity index (χ0) is 15.0. The van der Waals surface area contributed by atoms with Gasteiger partial charge in [0, 0.05) is 6.04 Å². The Balaban J connectivity index is 1.91. The second-order valence-electron chi connectivity index (χ2n) is 5.69. The van der Waals surface area contributed by atoms with Crippen LogP contribution in [0.5, 0.6) is 0 Å². The van der Waals surface area contributed by atoms with Gasteiger partial charge in [0.15, 0.2) is 9.84 Å². The molecule has 0 aliphatic carbocycles. The molecule has 1 atom stereocenters. The number of nitrogens with zero attached hydrogens (tertiary/aromatic N) is 3. The molecule has 1 fully saturated rings. The lowest BCUT2D eigenvalue weighted by atomic mass is 10.0. The summed E-state index contributed by atoms with van der Waals surface area (Å²) < 4.78 is 24.0. The highest BCUT2D eigenvalue weighted by Crippen LogP contribution is 2.13. The molecule has 112 valence electrons. The lowest BCUT2D eigenvalue weighted by Crippen LogP contribution is -2.37. The van der Waals surface area contributed by atoms with Crippen LogP contribution in [0.2, 0.25) is 0 Å². The summed E-state index contributed by atoms with van der Waals surface area (Å²) in [5.41, 5.74) is 5.85. The summed E-state index contributed by atoms with van der Waals surface area (Å²) in [5, 5.41) is 10.4. The number of nitrogens with two attached hydrogens (primary N) is 1. The largest absolute Gasteiger partial charge is 0.351 e. The van der Waals surface area contributed by atoms with Crippen molar-refractivity contribution in [2.75, 3.05) is 11.5 Å². The summed E-state index contributed by atoms with van der Waals surface area (Å²) in [6.07, 6.45) is 2.08. The number of carbonyl (C=O) groups is 1. The van der Waals surface area contributed by atoms with Crippen molar-refractivity contribution >= 4 is 15.7 Å². The fraction of sp³-hybridized carbons (Fsp3) is 0.727. The van der Waals surface area contributed by atoms with E-state index in [2.05, 4.69) is 15.6 Å². The zero-order valence-corrected chi connectivity index (χ0v) is 12.4. The van der Waals surface area contributed by atoms with E-state index in [1.54, 1.807) is 20.0 Å². The van der Waals surface area contributed by atoms with E-state index in [1.807, 2.05) is 0 Å². The number of rotatable bonds is 4. The first-order valence-corrected chi connectivity index (χ1v) is 8.17. The number of hydrogen-bond acceptors (Lipinski definition) is 6. The summed E-state index contributed by atoms with van der Waals surface area (Å²) in [6, 6.07) is -0.304. The van der Waals surface area contributed by atoms with Crippen molar-refractivity contribution in [3.8, 4) is 0 Å². The molecule has 0 aromatic carbocycles. The molecule has 9 heteroatoms. The highest BCUT2D eigenvalue weighted by molar-refractivity contribution is 7.91. The van der Waals surface area contributed by atoms with Crippen LogP contribution >= 0.6 is 0 Å². The van der Waals surface area contributed by atoms with Gasteiger partial charge in [-0.3, -0.25) is 4.79 Å². The van der Waals surface area contributed by atoms with E-state index in [4.69, 9.17) is 5.73 Å². The smallest absolute Gasteiger partial charge is 0.242 e. The Morgan fingerprint density at radius 2 is 2.30 bits per heavy atom. The second kappa shape index (κ2) is 5.13. The van der Waals surface area contributed by atoms with Crippen molar-refractivity contribution in [2.24, 2.45) is 5.73 Å². The third-order valence-corrected chi connectivity index (χ3v) is 4.87. The Labute approximate surface area is 117 Å². The van der Waals surface area contributed by atoms with E-state index in [0.717, 1.165) is 0 Å². The van der Waals surface area contributed by atoms with Gasteiger partial charge in [0.25, 0.3) is 0 Å². The fourth-order valence-electron chi connectivity index (χ4n) is 2.00. The first-order chi connectivity index (χ1) is 9.16. The van der Waals surface area contributed by atoms with Gasteiger partial charge >= 0.3 is 0 Å². The van der Waals surface area contributed by atoms with Gasteiger partial charge in [-0.2, -0.15) is 0 Å². The normalized spacial score (nSPS) is 21.9. The monoisotopic (exact) mass is 301 g/mol. The van der Waals surface area contributed by atoms with Gasteiger partial charge in [-0.15, -0.1) is 5.10 Å². The van der Waals surface area contributed by atoms with E-state index in [9.17, 15) is 13.2 Å². The van der Waals surface area contributed by atoms with Crippen molar-refractivity contribution in [1.29, 1.82) is 0 Å². The van der Waals surface area contributed by atoms with Crippen molar-refractivity contribution in [2.45, 2.75) is 38.4 Å². The molecule has 1 unspecified atom stereocenters. The first kappa shape index (κ1) is 14.9. The molecule has 1 saturated heterocycles. The van der Waals surface area contributed by atoms with Crippen LogP contribution in [-0.2, 0) is 26.7 Å². The lowest BCUT2D eigenvalue weighted by Gasteiger charge is -2.13. The number of hydrogen-bond donors (Lipinski definition) is 2. The highest BCUT2D eigenvalue weighted by atomic mass is 32.2. The van der Waals surface area contributed by atoms with Crippen molar-refractivity contribution < 1.29 is 13.2 Å². The van der Waals surface area contributed by atoms with Crippen LogP contribution in [-0.4, -0.2) is 46.9 Å². The summed E-state index contributed by atoms with van der Waals surface area (Å²) in [4.78, 5) is 11.8. The maximum atomic E-state index is 11.8. The van der Waals surface area contributed by atoms with Crippen LogP contribution in [0.4, 0.5) is 0 Å². The predicted molar refractivity (Wildman–Crippen MR) is 72.4 cm³/mol. The summed E-state index contributed by atoms with van der Waals surface area (Å²) in [6.45, 7) is 3.59. The maximum absolute atomic E-state index is 11.8. The van der Waals surface area contributed by atoms with Gasteiger partial charge in [-0.05, 0) is 20.3 Å². The standard InChI is InChI=1S/C11H19N5O3S/c1-11(2,12)9-5-16(15-14-9)6-10(17)13-8-3-4-20(18,19)7-8/h5,8H,3-4,6-7,12H2,1-2H3,(H,13,17). The topological polar surface area (TPSA) is 120 Å². The minimum atomic E-state index is -3.00. The minimum Gasteiger partial charge on any atom is -0.351 e. The van der Waals surface area contributed by atoms with E-state index in [0.29, 0.717) is 12.1 Å². The van der Waals surface area contributed by atoms with Gasteiger partial charge in [0.1, 0.15) is 12.2 Å². The van der Waals surface area contributed by atoms with Crippen LogP contribution in [0, 0.1) is 0 Å². The van der Waals surface area contributed by atoms with E-state index < -0.39 is 15.4 Å². The molecule has 1 aromatic rings. The van der Waals surface area contributed by atoms with Crippen molar-refractivity contribution in [3.05, 3.63) is 11.9 Å². The molecule has 3 N–H and O–H groups in total. The molecular weight excluding hydrogens is 282 g/mol. The Morgan fingerprint density at radius 1 is 1.60 bits per heavy atom. The Morgan fingerprint density at radius 3 is 2.80 bits per heavy atom. The van der Waals surface area contributed by atoms with Crippen molar-refractivity contribution in [3.63, 3.8) is 0 Å². The molecule has 20 heavy (non-hydrogen) atoms. The molecule has 2 heterocycles. The zero-order valence-electron chi connectivity index (χ0n) is 11.5. The fourth-order valence-corrected chi connectivity index (χ4v) is 3.67.